The number of ketones is 1. The Bertz CT molecular complexity index is 563. The molecule has 2 aromatic carbocycles. The first-order valence-electron chi connectivity index (χ1n) is 6.18. The Kier molecular flexibility index (Phi) is 4.74. The van der Waals surface area contributed by atoms with Gasteiger partial charge in [-0.05, 0) is 17.4 Å². The van der Waals surface area contributed by atoms with Crippen LogP contribution in [-0.4, -0.2) is 17.3 Å². The maximum Gasteiger partial charge on any atom is 0.172 e. The van der Waals surface area contributed by atoms with Crippen LogP contribution in [0.5, 0.6) is 0 Å². The zero-order chi connectivity index (χ0) is 13.7. The summed E-state index contributed by atoms with van der Waals surface area (Å²) in [5.41, 5.74) is 2.03. The summed E-state index contributed by atoms with van der Waals surface area (Å²) in [4.78, 5) is 11.8. The second kappa shape index (κ2) is 6.53. The third-order valence-corrected chi connectivity index (χ3v) is 3.70. The molecule has 0 fully saturated rings. The van der Waals surface area contributed by atoms with Crippen LogP contribution in [0.2, 0.25) is 0 Å². The number of carbonyl (C=O) groups excluding carboxylic acids is 1. The molecule has 0 heterocycles. The van der Waals surface area contributed by atoms with E-state index in [9.17, 15) is 9.18 Å². The van der Waals surface area contributed by atoms with Gasteiger partial charge in [-0.1, -0.05) is 49.4 Å². The van der Waals surface area contributed by atoms with Gasteiger partial charge in [0.05, 0.1) is 5.75 Å². The van der Waals surface area contributed by atoms with E-state index < -0.39 is 0 Å². The molecule has 0 aromatic heterocycles. The van der Waals surface area contributed by atoms with E-state index in [0.717, 1.165) is 11.3 Å². The van der Waals surface area contributed by atoms with Gasteiger partial charge in [0.1, 0.15) is 5.82 Å². The molecule has 0 spiro atoms. The van der Waals surface area contributed by atoms with Crippen LogP contribution in [0.3, 0.4) is 0 Å². The summed E-state index contributed by atoms with van der Waals surface area (Å²) in [7, 11) is 0. The molecule has 0 bridgehead atoms. The number of benzene rings is 2. The zero-order valence-electron chi connectivity index (χ0n) is 10.7. The molecule has 0 radical (unpaired) electrons. The lowest BCUT2D eigenvalue weighted by molar-refractivity contribution is 0.102. The lowest BCUT2D eigenvalue weighted by Crippen LogP contribution is -2.02. The van der Waals surface area contributed by atoms with E-state index in [2.05, 4.69) is 0 Å². The van der Waals surface area contributed by atoms with E-state index >= 15 is 0 Å². The molecule has 0 aliphatic rings. The Labute approximate surface area is 116 Å². The van der Waals surface area contributed by atoms with Crippen LogP contribution in [0.25, 0.3) is 11.1 Å². The summed E-state index contributed by atoms with van der Waals surface area (Å²) in [5, 5.41) is 0. The number of hydrogen-bond donors (Lipinski definition) is 0. The molecule has 0 aliphatic carbocycles. The van der Waals surface area contributed by atoms with E-state index in [1.807, 2.05) is 6.92 Å². The molecule has 2 rings (SSSR count). The Balaban J connectivity index is 2.19. The predicted molar refractivity (Wildman–Crippen MR) is 79.2 cm³/mol. The third-order valence-electron chi connectivity index (χ3n) is 2.83. The molecule has 0 aliphatic heterocycles. The minimum atomic E-state index is -0.247. The SMILES string of the molecule is CCSCC(=O)c1ccc(-c2ccccc2F)cc1. The van der Waals surface area contributed by atoms with Crippen molar-refractivity contribution in [3.63, 3.8) is 0 Å². The van der Waals surface area contributed by atoms with E-state index in [1.54, 1.807) is 54.2 Å². The lowest BCUT2D eigenvalue weighted by Gasteiger charge is -2.05. The van der Waals surface area contributed by atoms with Gasteiger partial charge < -0.3 is 0 Å². The van der Waals surface area contributed by atoms with Crippen LogP contribution in [-0.2, 0) is 0 Å². The molecular weight excluding hydrogens is 259 g/mol. The first-order valence-corrected chi connectivity index (χ1v) is 7.33. The number of halogens is 1. The van der Waals surface area contributed by atoms with Crippen LogP contribution >= 0.6 is 11.8 Å². The zero-order valence-corrected chi connectivity index (χ0v) is 11.5. The van der Waals surface area contributed by atoms with Gasteiger partial charge in [0.2, 0.25) is 0 Å². The first kappa shape index (κ1) is 13.8. The normalized spacial score (nSPS) is 10.4. The van der Waals surface area contributed by atoms with E-state index in [0.29, 0.717) is 16.9 Å². The summed E-state index contributed by atoms with van der Waals surface area (Å²) in [5.74, 6) is 1.30. The van der Waals surface area contributed by atoms with Crippen molar-refractivity contribution >= 4 is 17.5 Å². The van der Waals surface area contributed by atoms with Crippen molar-refractivity contribution in [2.45, 2.75) is 6.92 Å². The van der Waals surface area contributed by atoms with Crippen molar-refractivity contribution in [3.05, 3.63) is 59.9 Å². The van der Waals surface area contributed by atoms with Gasteiger partial charge in [-0.15, -0.1) is 0 Å². The van der Waals surface area contributed by atoms with Gasteiger partial charge in [0, 0.05) is 11.1 Å². The molecule has 98 valence electrons. The van der Waals surface area contributed by atoms with Crippen LogP contribution in [0, 0.1) is 5.82 Å². The van der Waals surface area contributed by atoms with Crippen LogP contribution < -0.4 is 0 Å². The maximum absolute atomic E-state index is 13.6. The van der Waals surface area contributed by atoms with Crippen molar-refractivity contribution in [1.82, 2.24) is 0 Å². The smallest absolute Gasteiger partial charge is 0.172 e. The van der Waals surface area contributed by atoms with Gasteiger partial charge in [-0.2, -0.15) is 11.8 Å². The summed E-state index contributed by atoms with van der Waals surface area (Å²) in [6.07, 6.45) is 0. The van der Waals surface area contributed by atoms with Gasteiger partial charge in [0.15, 0.2) is 5.78 Å². The fraction of sp³-hybridized carbons (Fsp3) is 0.188. The molecule has 0 N–H and O–H groups in total. The fourth-order valence-electron chi connectivity index (χ4n) is 1.81. The predicted octanol–water partition coefficient (Wildman–Crippen LogP) is 4.43. The number of Topliss-reactive ketones (excluding diaryl/α,β-unsaturated/α-hetero) is 1. The van der Waals surface area contributed by atoms with Crippen LogP contribution in [0.15, 0.2) is 48.5 Å². The van der Waals surface area contributed by atoms with Crippen molar-refractivity contribution in [3.8, 4) is 11.1 Å². The molecule has 0 saturated carbocycles. The van der Waals surface area contributed by atoms with E-state index in [-0.39, 0.29) is 11.6 Å². The Morgan fingerprint density at radius 1 is 1.11 bits per heavy atom. The highest BCUT2D eigenvalue weighted by molar-refractivity contribution is 7.99. The topological polar surface area (TPSA) is 17.1 Å². The fourth-order valence-corrected chi connectivity index (χ4v) is 2.37. The highest BCUT2D eigenvalue weighted by atomic mass is 32.2. The first-order chi connectivity index (χ1) is 9.22. The minimum absolute atomic E-state index is 0.118. The monoisotopic (exact) mass is 274 g/mol. The summed E-state index contributed by atoms with van der Waals surface area (Å²) in [6.45, 7) is 2.03. The Morgan fingerprint density at radius 2 is 1.79 bits per heavy atom. The summed E-state index contributed by atoms with van der Waals surface area (Å²) < 4.78 is 13.6. The molecule has 3 heteroatoms. The molecule has 0 atom stereocenters. The minimum Gasteiger partial charge on any atom is -0.293 e. The maximum atomic E-state index is 13.6. The number of rotatable bonds is 5. The Hall–Kier alpha value is -1.61. The van der Waals surface area contributed by atoms with Crippen molar-refractivity contribution in [1.29, 1.82) is 0 Å². The van der Waals surface area contributed by atoms with E-state index in [4.69, 9.17) is 0 Å². The van der Waals surface area contributed by atoms with E-state index in [1.165, 1.54) is 6.07 Å². The standard InChI is InChI=1S/C16H15FOS/c1-2-19-11-16(18)13-9-7-12(8-10-13)14-5-3-4-6-15(14)17/h3-10H,2,11H2,1H3. The molecule has 1 nitrogen and oxygen atoms in total. The van der Waals surface area contributed by atoms with Crippen LogP contribution in [0.1, 0.15) is 17.3 Å². The van der Waals surface area contributed by atoms with Crippen LogP contribution in [0.4, 0.5) is 4.39 Å². The second-order valence-electron chi connectivity index (χ2n) is 4.12. The summed E-state index contributed by atoms with van der Waals surface area (Å²) in [6, 6.07) is 13.8. The number of thioether (sulfide) groups is 1. The lowest BCUT2D eigenvalue weighted by atomic mass is 10.0. The molecule has 2 aromatic rings. The average Bonchev–Trinajstić information content (AvgIpc) is 2.45. The highest BCUT2D eigenvalue weighted by Crippen LogP contribution is 2.23. The largest absolute Gasteiger partial charge is 0.293 e. The number of carbonyl (C=O) groups is 1. The van der Waals surface area contributed by atoms with Gasteiger partial charge in [-0.3, -0.25) is 4.79 Å². The highest BCUT2D eigenvalue weighted by Gasteiger charge is 2.07. The molecule has 19 heavy (non-hydrogen) atoms. The second-order valence-corrected chi connectivity index (χ2v) is 5.39. The molecule has 0 unspecified atom stereocenters. The Morgan fingerprint density at radius 3 is 2.42 bits per heavy atom. The number of hydrogen-bond acceptors (Lipinski definition) is 2. The summed E-state index contributed by atoms with van der Waals surface area (Å²) >= 11 is 1.60. The van der Waals surface area contributed by atoms with Gasteiger partial charge in [0.25, 0.3) is 0 Å². The molecule has 0 saturated heterocycles. The third kappa shape index (κ3) is 3.44. The molecular formula is C16H15FOS. The van der Waals surface area contributed by atoms with Crippen molar-refractivity contribution in [2.75, 3.05) is 11.5 Å². The molecule has 0 amide bonds. The van der Waals surface area contributed by atoms with Crippen molar-refractivity contribution in [2.24, 2.45) is 0 Å². The van der Waals surface area contributed by atoms with Crippen molar-refractivity contribution < 1.29 is 9.18 Å². The quantitative estimate of drug-likeness (QED) is 0.750. The average molecular weight is 274 g/mol. The van der Waals surface area contributed by atoms with Gasteiger partial charge >= 0.3 is 0 Å². The van der Waals surface area contributed by atoms with Gasteiger partial charge in [-0.25, -0.2) is 4.39 Å².